The molecule has 1 heterocycles. The lowest BCUT2D eigenvalue weighted by Gasteiger charge is -2.10. The minimum atomic E-state index is -0.0297. The van der Waals surface area contributed by atoms with Crippen molar-refractivity contribution in [1.82, 2.24) is 15.0 Å². The Labute approximate surface area is 127 Å². The Morgan fingerprint density at radius 1 is 1.05 bits per heavy atom. The second-order valence-electron chi connectivity index (χ2n) is 4.34. The van der Waals surface area contributed by atoms with E-state index < -0.39 is 0 Å². The summed E-state index contributed by atoms with van der Waals surface area (Å²) in [6.07, 6.45) is -0.0297. The highest BCUT2D eigenvalue weighted by atomic mass is 35.5. The fourth-order valence-corrected chi connectivity index (χ4v) is 2.07. The molecule has 0 amide bonds. The van der Waals surface area contributed by atoms with Crippen molar-refractivity contribution in [1.29, 1.82) is 0 Å². The number of benzene rings is 1. The lowest BCUT2D eigenvalue weighted by molar-refractivity contribution is 0.222. The summed E-state index contributed by atoms with van der Waals surface area (Å²) in [6.45, 7) is 3.80. The van der Waals surface area contributed by atoms with Crippen LogP contribution < -0.4 is 10.1 Å². The first-order chi connectivity index (χ1) is 9.47. The van der Waals surface area contributed by atoms with Crippen molar-refractivity contribution in [2.24, 2.45) is 0 Å². The van der Waals surface area contributed by atoms with Crippen LogP contribution in [-0.2, 0) is 0 Å². The predicted molar refractivity (Wildman–Crippen MR) is 80.6 cm³/mol. The van der Waals surface area contributed by atoms with E-state index in [9.17, 15) is 0 Å². The molecule has 0 bridgehead atoms. The summed E-state index contributed by atoms with van der Waals surface area (Å²) in [6, 6.07) is 5.38. The first-order valence-electron chi connectivity index (χ1n) is 6.05. The van der Waals surface area contributed by atoms with Gasteiger partial charge in [-0.25, -0.2) is 0 Å². The number of hydrogen-bond donors (Lipinski definition) is 1. The quantitative estimate of drug-likeness (QED) is 0.933. The normalized spacial score (nSPS) is 10.7. The van der Waals surface area contributed by atoms with Gasteiger partial charge in [0.15, 0.2) is 5.82 Å². The van der Waals surface area contributed by atoms with Gasteiger partial charge in [-0.3, -0.25) is 0 Å². The van der Waals surface area contributed by atoms with Crippen molar-refractivity contribution in [3.8, 4) is 17.4 Å². The van der Waals surface area contributed by atoms with Crippen molar-refractivity contribution in [3.05, 3.63) is 28.2 Å². The number of halogens is 2. The third-order valence-corrected chi connectivity index (χ3v) is 2.74. The molecule has 7 heteroatoms. The molecule has 1 aromatic carbocycles. The van der Waals surface area contributed by atoms with E-state index >= 15 is 0 Å². The molecule has 0 radical (unpaired) electrons. The van der Waals surface area contributed by atoms with E-state index in [-0.39, 0.29) is 12.1 Å². The van der Waals surface area contributed by atoms with E-state index in [1.165, 1.54) is 0 Å². The molecular weight excluding hydrogens is 299 g/mol. The number of nitrogens with one attached hydrogen (secondary N) is 1. The fraction of sp³-hybridized carbons (Fsp3) is 0.308. The van der Waals surface area contributed by atoms with Crippen molar-refractivity contribution in [2.45, 2.75) is 20.0 Å². The number of ether oxygens (including phenoxy) is 1. The molecule has 2 aromatic rings. The molecule has 1 aromatic heterocycles. The zero-order chi connectivity index (χ0) is 14.7. The number of nitrogens with zero attached hydrogens (tertiary/aromatic N) is 3. The third-order valence-electron chi connectivity index (χ3n) is 2.30. The van der Waals surface area contributed by atoms with E-state index in [0.29, 0.717) is 27.4 Å². The van der Waals surface area contributed by atoms with E-state index in [2.05, 4.69) is 20.3 Å². The maximum absolute atomic E-state index is 6.00. The summed E-state index contributed by atoms with van der Waals surface area (Å²) in [4.78, 5) is 12.7. The van der Waals surface area contributed by atoms with Gasteiger partial charge in [-0.1, -0.05) is 23.2 Å². The Hall–Kier alpha value is -1.59. The minimum Gasteiger partial charge on any atom is -0.461 e. The topological polar surface area (TPSA) is 59.9 Å². The summed E-state index contributed by atoms with van der Waals surface area (Å²) in [5.74, 6) is 0.867. The maximum Gasteiger partial charge on any atom is 0.322 e. The van der Waals surface area contributed by atoms with Gasteiger partial charge >= 0.3 is 6.01 Å². The van der Waals surface area contributed by atoms with Crippen LogP contribution in [0.3, 0.4) is 0 Å². The van der Waals surface area contributed by atoms with Crippen molar-refractivity contribution in [3.63, 3.8) is 0 Å². The van der Waals surface area contributed by atoms with Gasteiger partial charge in [-0.15, -0.1) is 0 Å². The highest BCUT2D eigenvalue weighted by Gasteiger charge is 2.11. The zero-order valence-electron chi connectivity index (χ0n) is 11.3. The molecule has 0 spiro atoms. The van der Waals surface area contributed by atoms with Gasteiger partial charge in [0, 0.05) is 22.7 Å². The van der Waals surface area contributed by atoms with Gasteiger partial charge in [0.1, 0.15) is 0 Å². The lowest BCUT2D eigenvalue weighted by Crippen LogP contribution is -2.11. The fourth-order valence-electron chi connectivity index (χ4n) is 1.54. The monoisotopic (exact) mass is 312 g/mol. The van der Waals surface area contributed by atoms with Gasteiger partial charge in [0.05, 0.1) is 6.10 Å². The highest BCUT2D eigenvalue weighted by molar-refractivity contribution is 6.35. The lowest BCUT2D eigenvalue weighted by atomic mass is 10.2. The van der Waals surface area contributed by atoms with Crippen LogP contribution in [0.4, 0.5) is 5.95 Å². The Bertz CT molecular complexity index is 599. The molecule has 0 unspecified atom stereocenters. The van der Waals surface area contributed by atoms with E-state index in [1.54, 1.807) is 25.2 Å². The van der Waals surface area contributed by atoms with Gasteiger partial charge in [0.2, 0.25) is 5.95 Å². The molecule has 0 saturated heterocycles. The first-order valence-corrected chi connectivity index (χ1v) is 6.80. The smallest absolute Gasteiger partial charge is 0.322 e. The second-order valence-corrected chi connectivity index (χ2v) is 5.21. The van der Waals surface area contributed by atoms with Crippen molar-refractivity contribution >= 4 is 29.2 Å². The average molecular weight is 313 g/mol. The maximum atomic E-state index is 6.00. The zero-order valence-corrected chi connectivity index (χ0v) is 12.8. The van der Waals surface area contributed by atoms with Gasteiger partial charge in [0.25, 0.3) is 0 Å². The predicted octanol–water partition coefficient (Wildman–Crippen LogP) is 3.67. The van der Waals surface area contributed by atoms with Crippen LogP contribution in [-0.4, -0.2) is 28.1 Å². The van der Waals surface area contributed by atoms with Crippen molar-refractivity contribution < 1.29 is 4.74 Å². The van der Waals surface area contributed by atoms with E-state index in [4.69, 9.17) is 27.9 Å². The van der Waals surface area contributed by atoms with Gasteiger partial charge < -0.3 is 10.1 Å². The molecule has 0 aliphatic rings. The highest BCUT2D eigenvalue weighted by Crippen LogP contribution is 2.26. The Balaban J connectivity index is 2.49. The van der Waals surface area contributed by atoms with Gasteiger partial charge in [-0.05, 0) is 32.0 Å². The molecule has 2 rings (SSSR count). The van der Waals surface area contributed by atoms with Crippen LogP contribution in [0, 0.1) is 0 Å². The number of aromatic nitrogens is 3. The van der Waals surface area contributed by atoms with Crippen LogP contribution in [0.2, 0.25) is 10.0 Å². The molecule has 20 heavy (non-hydrogen) atoms. The summed E-state index contributed by atoms with van der Waals surface area (Å²) in [5, 5.41) is 3.91. The molecule has 0 fully saturated rings. The molecular formula is C13H14Cl2N4O. The third kappa shape index (κ3) is 3.71. The summed E-state index contributed by atoms with van der Waals surface area (Å²) >= 11 is 12.0. The molecule has 0 aliphatic carbocycles. The van der Waals surface area contributed by atoms with Crippen LogP contribution in [0.1, 0.15) is 13.8 Å². The average Bonchev–Trinajstić information content (AvgIpc) is 2.36. The summed E-state index contributed by atoms with van der Waals surface area (Å²) in [7, 11) is 1.73. The Morgan fingerprint density at radius 3 is 2.25 bits per heavy atom. The number of rotatable bonds is 4. The van der Waals surface area contributed by atoms with E-state index in [0.717, 1.165) is 0 Å². The number of hydrogen-bond acceptors (Lipinski definition) is 5. The molecule has 106 valence electrons. The second kappa shape index (κ2) is 6.24. The molecule has 1 N–H and O–H groups in total. The standard InChI is InChI=1S/C13H14Cl2N4O/c1-7(2)20-13-18-11(17-12(16-3)19-13)8-4-9(14)6-10(15)5-8/h4-7H,1-3H3,(H,16,17,18,19). The van der Waals surface area contributed by atoms with Gasteiger partial charge in [-0.2, -0.15) is 15.0 Å². The van der Waals surface area contributed by atoms with Crippen LogP contribution >= 0.6 is 23.2 Å². The largest absolute Gasteiger partial charge is 0.461 e. The molecule has 0 aliphatic heterocycles. The van der Waals surface area contributed by atoms with E-state index in [1.807, 2.05) is 13.8 Å². The molecule has 5 nitrogen and oxygen atoms in total. The SMILES string of the molecule is CNc1nc(OC(C)C)nc(-c2cc(Cl)cc(Cl)c2)n1. The van der Waals surface area contributed by atoms with Crippen molar-refractivity contribution in [2.75, 3.05) is 12.4 Å². The summed E-state index contributed by atoms with van der Waals surface area (Å²) < 4.78 is 5.51. The summed E-state index contributed by atoms with van der Waals surface area (Å²) in [5.41, 5.74) is 0.704. The van der Waals surface area contributed by atoms with Crippen LogP contribution in [0.15, 0.2) is 18.2 Å². The minimum absolute atomic E-state index is 0.0297. The Morgan fingerprint density at radius 2 is 1.70 bits per heavy atom. The number of anilines is 1. The Kier molecular flexibility index (Phi) is 4.62. The molecule has 0 atom stereocenters. The van der Waals surface area contributed by atoms with Crippen LogP contribution in [0.5, 0.6) is 6.01 Å². The first kappa shape index (κ1) is 14.8. The van der Waals surface area contributed by atoms with Crippen LogP contribution in [0.25, 0.3) is 11.4 Å². The molecule has 0 saturated carbocycles.